The maximum absolute atomic E-state index is 12.4. The molecule has 1 unspecified atom stereocenters. The van der Waals surface area contributed by atoms with Gasteiger partial charge >= 0.3 is 0 Å². The number of nitrogens with one attached hydrogen (secondary N) is 1. The van der Waals surface area contributed by atoms with E-state index >= 15 is 0 Å². The molecule has 28 heavy (non-hydrogen) atoms. The summed E-state index contributed by atoms with van der Waals surface area (Å²) in [6.45, 7) is 2.13. The van der Waals surface area contributed by atoms with Crippen LogP contribution in [-0.4, -0.2) is 10.9 Å². The van der Waals surface area contributed by atoms with E-state index in [9.17, 15) is 4.79 Å². The molecule has 1 N–H and O–H groups in total. The van der Waals surface area contributed by atoms with Crippen molar-refractivity contribution in [2.75, 3.05) is 0 Å². The molecule has 2 aromatic heterocycles. The van der Waals surface area contributed by atoms with Crippen molar-refractivity contribution < 1.29 is 13.9 Å². The van der Waals surface area contributed by atoms with Crippen molar-refractivity contribution in [1.82, 2.24) is 10.3 Å². The summed E-state index contributed by atoms with van der Waals surface area (Å²) in [5, 5.41) is 5.16. The molecule has 140 valence electrons. The number of nitrogens with zero attached hydrogens (tertiary/aromatic N) is 1. The van der Waals surface area contributed by atoms with Crippen LogP contribution in [0.5, 0.6) is 5.75 Å². The predicted octanol–water partition coefficient (Wildman–Crippen LogP) is 4.90. The highest BCUT2D eigenvalue weighted by Gasteiger charge is 2.15. The van der Waals surface area contributed by atoms with Crippen LogP contribution in [0.2, 0.25) is 0 Å². The van der Waals surface area contributed by atoms with E-state index in [1.165, 1.54) is 0 Å². The number of pyridine rings is 1. The number of hydrogen-bond donors (Lipinski definition) is 1. The summed E-state index contributed by atoms with van der Waals surface area (Å²) in [7, 11) is 0. The molecule has 2 heterocycles. The molecular weight excluding hydrogens is 352 g/mol. The molecule has 5 nitrogen and oxygen atoms in total. The monoisotopic (exact) mass is 372 g/mol. The summed E-state index contributed by atoms with van der Waals surface area (Å²) in [5.41, 5.74) is 0.794. The third-order valence-corrected chi connectivity index (χ3v) is 4.47. The van der Waals surface area contributed by atoms with Crippen LogP contribution in [0.1, 0.15) is 35.0 Å². The zero-order valence-corrected chi connectivity index (χ0v) is 15.5. The molecule has 0 aliphatic carbocycles. The summed E-state index contributed by atoms with van der Waals surface area (Å²) >= 11 is 0. The molecule has 4 rings (SSSR count). The van der Waals surface area contributed by atoms with E-state index in [0.717, 1.165) is 22.2 Å². The third-order valence-electron chi connectivity index (χ3n) is 4.47. The fraction of sp³-hybridized carbons (Fsp3) is 0.130. The minimum absolute atomic E-state index is 0.212. The number of fused-ring (bicyclic) bond motifs is 1. The quantitative estimate of drug-likeness (QED) is 0.523. The maximum Gasteiger partial charge on any atom is 0.287 e. The van der Waals surface area contributed by atoms with Gasteiger partial charge in [0, 0.05) is 6.20 Å². The normalized spacial score (nSPS) is 11.9. The van der Waals surface area contributed by atoms with E-state index in [0.29, 0.717) is 5.76 Å². The summed E-state index contributed by atoms with van der Waals surface area (Å²) in [4.78, 5) is 16.6. The Kier molecular flexibility index (Phi) is 5.06. The second-order valence-electron chi connectivity index (χ2n) is 6.51. The van der Waals surface area contributed by atoms with Gasteiger partial charge in [0.1, 0.15) is 18.1 Å². The average molecular weight is 372 g/mol. The molecule has 1 atom stereocenters. The number of carbonyl (C=O) groups excluding carboxylic acids is 1. The van der Waals surface area contributed by atoms with Crippen molar-refractivity contribution in [2.45, 2.75) is 19.6 Å². The summed E-state index contributed by atoms with van der Waals surface area (Å²) in [6.07, 6.45) is 1.70. The number of ether oxygens (including phenoxy) is 1. The van der Waals surface area contributed by atoms with Gasteiger partial charge in [-0.05, 0) is 54.1 Å². The van der Waals surface area contributed by atoms with Gasteiger partial charge in [-0.25, -0.2) is 0 Å². The van der Waals surface area contributed by atoms with E-state index in [2.05, 4.69) is 16.4 Å². The zero-order valence-electron chi connectivity index (χ0n) is 15.5. The molecule has 1 amide bonds. The lowest BCUT2D eigenvalue weighted by molar-refractivity contribution is 0.0907. The first kappa shape index (κ1) is 17.8. The average Bonchev–Trinajstić information content (AvgIpc) is 3.22. The Morgan fingerprint density at radius 1 is 1.04 bits per heavy atom. The molecule has 0 bridgehead atoms. The summed E-state index contributed by atoms with van der Waals surface area (Å²) in [6, 6.07) is 22.8. The largest absolute Gasteiger partial charge is 0.486 e. The number of amides is 1. The van der Waals surface area contributed by atoms with Gasteiger partial charge in [0.2, 0.25) is 0 Å². The number of aromatic nitrogens is 1. The molecule has 4 aromatic rings. The Labute approximate surface area is 163 Å². The number of benzene rings is 2. The number of rotatable bonds is 6. The van der Waals surface area contributed by atoms with Crippen LogP contribution < -0.4 is 10.1 Å². The van der Waals surface area contributed by atoms with Crippen LogP contribution in [0.25, 0.3) is 10.8 Å². The van der Waals surface area contributed by atoms with Crippen molar-refractivity contribution >= 4 is 16.7 Å². The maximum atomic E-state index is 12.4. The molecule has 0 fully saturated rings. The zero-order chi connectivity index (χ0) is 19.3. The van der Waals surface area contributed by atoms with Crippen LogP contribution in [0.3, 0.4) is 0 Å². The van der Waals surface area contributed by atoms with Crippen LogP contribution in [0.15, 0.2) is 83.4 Å². The van der Waals surface area contributed by atoms with Gasteiger partial charge in [-0.15, -0.1) is 0 Å². The molecule has 0 spiro atoms. The van der Waals surface area contributed by atoms with Crippen molar-refractivity contribution in [3.8, 4) is 5.75 Å². The number of furan rings is 1. The van der Waals surface area contributed by atoms with Crippen molar-refractivity contribution in [3.63, 3.8) is 0 Å². The first-order valence-electron chi connectivity index (χ1n) is 9.11. The molecule has 2 aromatic carbocycles. The second-order valence-corrected chi connectivity index (χ2v) is 6.51. The minimum Gasteiger partial charge on any atom is -0.486 e. The van der Waals surface area contributed by atoms with Crippen LogP contribution >= 0.6 is 0 Å². The number of carbonyl (C=O) groups is 1. The fourth-order valence-corrected chi connectivity index (χ4v) is 2.96. The fourth-order valence-electron chi connectivity index (χ4n) is 2.96. The Balaban J connectivity index is 1.37. The highest BCUT2D eigenvalue weighted by atomic mass is 16.5. The molecule has 0 aliphatic heterocycles. The van der Waals surface area contributed by atoms with Crippen LogP contribution in [0, 0.1) is 0 Å². The molecule has 0 radical (unpaired) electrons. The van der Waals surface area contributed by atoms with Crippen LogP contribution in [-0.2, 0) is 6.61 Å². The van der Waals surface area contributed by atoms with Crippen molar-refractivity contribution in [2.24, 2.45) is 0 Å². The Morgan fingerprint density at radius 3 is 2.68 bits per heavy atom. The topological polar surface area (TPSA) is 64.4 Å². The lowest BCUT2D eigenvalue weighted by atomic mass is 10.1. The van der Waals surface area contributed by atoms with Gasteiger partial charge in [-0.2, -0.15) is 0 Å². The minimum atomic E-state index is -0.282. The van der Waals surface area contributed by atoms with Gasteiger partial charge in [0.25, 0.3) is 5.91 Å². The van der Waals surface area contributed by atoms with Crippen molar-refractivity contribution in [1.29, 1.82) is 0 Å². The van der Waals surface area contributed by atoms with E-state index in [4.69, 9.17) is 9.15 Å². The van der Waals surface area contributed by atoms with E-state index < -0.39 is 0 Å². The Hall–Kier alpha value is -3.60. The Bertz CT molecular complexity index is 1090. The Morgan fingerprint density at radius 2 is 1.86 bits per heavy atom. The molecule has 0 saturated carbocycles. The lowest BCUT2D eigenvalue weighted by Gasteiger charge is -2.11. The molecule has 0 aliphatic rings. The van der Waals surface area contributed by atoms with Crippen LogP contribution in [0.4, 0.5) is 0 Å². The van der Waals surface area contributed by atoms with Gasteiger partial charge in [-0.1, -0.05) is 36.4 Å². The SMILES string of the molecule is CC(NC(=O)c1ccc(COc2ccc3ccccc3c2)o1)c1ccccn1. The predicted molar refractivity (Wildman–Crippen MR) is 107 cm³/mol. The van der Waals surface area contributed by atoms with Gasteiger partial charge in [-0.3, -0.25) is 9.78 Å². The highest BCUT2D eigenvalue weighted by Crippen LogP contribution is 2.22. The smallest absolute Gasteiger partial charge is 0.287 e. The highest BCUT2D eigenvalue weighted by molar-refractivity contribution is 5.91. The van der Waals surface area contributed by atoms with Crippen molar-refractivity contribution in [3.05, 3.63) is 96.2 Å². The number of hydrogen-bond acceptors (Lipinski definition) is 4. The van der Waals surface area contributed by atoms with E-state index in [1.54, 1.807) is 18.3 Å². The first-order valence-corrected chi connectivity index (χ1v) is 9.11. The molecular formula is C23H20N2O3. The lowest BCUT2D eigenvalue weighted by Crippen LogP contribution is -2.26. The van der Waals surface area contributed by atoms with E-state index in [-0.39, 0.29) is 24.3 Å². The standard InChI is InChI=1S/C23H20N2O3/c1-16(21-8-4-5-13-24-21)25-23(26)22-12-11-20(28-22)15-27-19-10-9-17-6-2-3-7-18(17)14-19/h2-14,16H,15H2,1H3,(H,25,26). The van der Waals surface area contributed by atoms with Gasteiger partial charge in [0.05, 0.1) is 11.7 Å². The summed E-state index contributed by atoms with van der Waals surface area (Å²) in [5.74, 6) is 1.31. The molecule has 0 saturated heterocycles. The third kappa shape index (κ3) is 4.04. The van der Waals surface area contributed by atoms with E-state index in [1.807, 2.05) is 61.5 Å². The molecule has 5 heteroatoms. The second kappa shape index (κ2) is 7.96. The van der Waals surface area contributed by atoms with Gasteiger partial charge < -0.3 is 14.5 Å². The van der Waals surface area contributed by atoms with Gasteiger partial charge in [0.15, 0.2) is 5.76 Å². The first-order chi connectivity index (χ1) is 13.7. The summed E-state index contributed by atoms with van der Waals surface area (Å²) < 4.78 is 11.4.